The summed E-state index contributed by atoms with van der Waals surface area (Å²) in [4.78, 5) is 10.5. The highest BCUT2D eigenvalue weighted by Gasteiger charge is 2.20. The molecule has 0 radical (unpaired) electrons. The lowest BCUT2D eigenvalue weighted by Gasteiger charge is -1.92. The van der Waals surface area contributed by atoms with Crippen LogP contribution in [-0.2, 0) is 9.53 Å². The largest absolute Gasteiger partial charge is 0.465 e. The van der Waals surface area contributed by atoms with E-state index >= 15 is 0 Å². The van der Waals surface area contributed by atoms with Gasteiger partial charge in [-0.2, -0.15) is 0 Å². The molecule has 0 saturated carbocycles. The number of carbonyl (C=O) groups is 1. The minimum Gasteiger partial charge on any atom is -0.465 e. The molecule has 0 aromatic carbocycles. The van der Waals surface area contributed by atoms with Gasteiger partial charge in [0.25, 0.3) is 0 Å². The zero-order valence-corrected chi connectivity index (χ0v) is 5.46. The molecule has 0 amide bonds. The number of hydrogen-bond acceptors (Lipinski definition) is 2. The van der Waals surface area contributed by atoms with Gasteiger partial charge in [-0.1, -0.05) is 12.2 Å². The highest BCUT2D eigenvalue weighted by Crippen LogP contribution is 2.14. The second kappa shape index (κ2) is 2.67. The van der Waals surface area contributed by atoms with Gasteiger partial charge in [0.1, 0.15) is 0 Å². The molecule has 1 saturated heterocycles. The summed E-state index contributed by atoms with van der Waals surface area (Å²) < 4.78 is 4.73. The lowest BCUT2D eigenvalue weighted by atomic mass is 10.1. The van der Waals surface area contributed by atoms with Crippen molar-refractivity contribution in [2.75, 3.05) is 6.61 Å². The zero-order chi connectivity index (χ0) is 6.69. The van der Waals surface area contributed by atoms with Crippen LogP contribution in [0.4, 0.5) is 0 Å². The molecule has 1 aliphatic heterocycles. The first-order valence-electron chi connectivity index (χ1n) is 3.11. The lowest BCUT2D eigenvalue weighted by Crippen LogP contribution is -1.91. The molecule has 1 aliphatic rings. The van der Waals surface area contributed by atoms with E-state index in [2.05, 4.69) is 0 Å². The summed E-state index contributed by atoms with van der Waals surface area (Å²) in [6.07, 6.45) is 4.52. The average Bonchev–Trinajstić information content (AvgIpc) is 2.17. The Morgan fingerprint density at radius 3 is 3.00 bits per heavy atom. The van der Waals surface area contributed by atoms with E-state index in [-0.39, 0.29) is 5.97 Å². The van der Waals surface area contributed by atoms with E-state index in [0.29, 0.717) is 18.9 Å². The topological polar surface area (TPSA) is 26.3 Å². The molecule has 2 nitrogen and oxygen atoms in total. The molecule has 0 N–H and O–H groups in total. The van der Waals surface area contributed by atoms with Crippen LogP contribution in [0.1, 0.15) is 13.3 Å². The zero-order valence-electron chi connectivity index (χ0n) is 5.46. The Balaban J connectivity index is 2.39. The normalized spacial score (nSPS) is 27.2. The molecule has 0 aromatic rings. The molecule has 50 valence electrons. The number of rotatable bonds is 1. The molecule has 1 atom stereocenters. The molecule has 0 bridgehead atoms. The van der Waals surface area contributed by atoms with Crippen LogP contribution in [-0.4, -0.2) is 12.6 Å². The molecular formula is C7H10O2. The van der Waals surface area contributed by atoms with Crippen LogP contribution in [0.5, 0.6) is 0 Å². The van der Waals surface area contributed by atoms with Gasteiger partial charge in [0.15, 0.2) is 0 Å². The molecule has 9 heavy (non-hydrogen) atoms. The third-order valence-corrected chi connectivity index (χ3v) is 1.35. The third-order valence-electron chi connectivity index (χ3n) is 1.35. The molecule has 2 heteroatoms. The van der Waals surface area contributed by atoms with Crippen molar-refractivity contribution in [3.8, 4) is 0 Å². The molecule has 0 aliphatic carbocycles. The first kappa shape index (κ1) is 6.33. The number of cyclic esters (lactones) is 1. The molecule has 0 aromatic heterocycles. The predicted molar refractivity (Wildman–Crippen MR) is 33.9 cm³/mol. The van der Waals surface area contributed by atoms with Gasteiger partial charge in [0.05, 0.1) is 13.0 Å². The van der Waals surface area contributed by atoms with Crippen molar-refractivity contribution in [3.05, 3.63) is 12.2 Å². The van der Waals surface area contributed by atoms with E-state index in [1.165, 1.54) is 0 Å². The molecule has 1 unspecified atom stereocenters. The van der Waals surface area contributed by atoms with Crippen molar-refractivity contribution >= 4 is 5.97 Å². The van der Waals surface area contributed by atoms with Crippen LogP contribution in [0, 0.1) is 5.92 Å². The average molecular weight is 126 g/mol. The summed E-state index contributed by atoms with van der Waals surface area (Å²) >= 11 is 0. The van der Waals surface area contributed by atoms with Gasteiger partial charge in [-0.25, -0.2) is 0 Å². The number of esters is 1. The van der Waals surface area contributed by atoms with Gasteiger partial charge in [-0.3, -0.25) is 4.79 Å². The van der Waals surface area contributed by atoms with Gasteiger partial charge in [0, 0.05) is 5.92 Å². The van der Waals surface area contributed by atoms with Gasteiger partial charge < -0.3 is 4.74 Å². The maximum absolute atomic E-state index is 10.5. The monoisotopic (exact) mass is 126 g/mol. The van der Waals surface area contributed by atoms with Crippen LogP contribution in [0.25, 0.3) is 0 Å². The second-order valence-electron chi connectivity index (χ2n) is 2.17. The minimum absolute atomic E-state index is 0.0712. The Morgan fingerprint density at radius 2 is 2.56 bits per heavy atom. The highest BCUT2D eigenvalue weighted by atomic mass is 16.5. The van der Waals surface area contributed by atoms with E-state index in [1.54, 1.807) is 0 Å². The molecule has 1 rings (SSSR count). The Labute approximate surface area is 54.5 Å². The van der Waals surface area contributed by atoms with E-state index in [4.69, 9.17) is 4.74 Å². The van der Waals surface area contributed by atoms with E-state index in [0.717, 1.165) is 0 Å². The van der Waals surface area contributed by atoms with E-state index in [9.17, 15) is 4.79 Å². The summed E-state index contributed by atoms with van der Waals surface area (Å²) in [7, 11) is 0. The van der Waals surface area contributed by atoms with Crippen LogP contribution >= 0.6 is 0 Å². The minimum atomic E-state index is -0.0712. The molecule has 1 fully saturated rings. The lowest BCUT2D eigenvalue weighted by molar-refractivity contribution is -0.137. The first-order chi connectivity index (χ1) is 4.33. The number of carbonyl (C=O) groups excluding carboxylic acids is 1. The fourth-order valence-electron chi connectivity index (χ4n) is 0.928. The Kier molecular flexibility index (Phi) is 1.88. The summed E-state index contributed by atoms with van der Waals surface area (Å²) in [5, 5.41) is 0. The van der Waals surface area contributed by atoms with Crippen molar-refractivity contribution in [1.29, 1.82) is 0 Å². The van der Waals surface area contributed by atoms with Gasteiger partial charge in [0.2, 0.25) is 0 Å². The fourth-order valence-corrected chi connectivity index (χ4v) is 0.928. The second-order valence-corrected chi connectivity index (χ2v) is 2.17. The fraction of sp³-hybridized carbons (Fsp3) is 0.571. The summed E-state index contributed by atoms with van der Waals surface area (Å²) in [6.45, 7) is 2.52. The Morgan fingerprint density at radius 1 is 1.78 bits per heavy atom. The number of ether oxygens (including phenoxy) is 1. The summed E-state index contributed by atoms with van der Waals surface area (Å²) in [5.41, 5.74) is 0. The van der Waals surface area contributed by atoms with Crippen molar-refractivity contribution in [3.63, 3.8) is 0 Å². The molecular weight excluding hydrogens is 116 g/mol. The van der Waals surface area contributed by atoms with Crippen LogP contribution < -0.4 is 0 Å². The predicted octanol–water partition coefficient (Wildman–Crippen LogP) is 1.13. The van der Waals surface area contributed by atoms with Crippen molar-refractivity contribution in [2.45, 2.75) is 13.3 Å². The van der Waals surface area contributed by atoms with Crippen LogP contribution in [0.3, 0.4) is 0 Å². The van der Waals surface area contributed by atoms with Gasteiger partial charge >= 0.3 is 5.97 Å². The van der Waals surface area contributed by atoms with Gasteiger partial charge in [-0.05, 0) is 6.92 Å². The van der Waals surface area contributed by atoms with E-state index in [1.807, 2.05) is 19.1 Å². The van der Waals surface area contributed by atoms with Crippen molar-refractivity contribution < 1.29 is 9.53 Å². The molecule has 1 heterocycles. The maximum Gasteiger partial charge on any atom is 0.306 e. The smallest absolute Gasteiger partial charge is 0.306 e. The first-order valence-corrected chi connectivity index (χ1v) is 3.11. The maximum atomic E-state index is 10.5. The third kappa shape index (κ3) is 1.56. The molecule has 0 spiro atoms. The van der Waals surface area contributed by atoms with Crippen molar-refractivity contribution in [1.82, 2.24) is 0 Å². The highest BCUT2D eigenvalue weighted by molar-refractivity contribution is 5.71. The number of hydrogen-bond donors (Lipinski definition) is 0. The van der Waals surface area contributed by atoms with Crippen LogP contribution in [0.15, 0.2) is 12.2 Å². The SMILES string of the molecule is C/C=C/C1COC(=O)C1. The summed E-state index contributed by atoms with van der Waals surface area (Å²) in [6, 6.07) is 0. The number of allylic oxidation sites excluding steroid dienone is 1. The standard InChI is InChI=1S/C7H10O2/c1-2-3-6-4-7(8)9-5-6/h2-3,6H,4-5H2,1H3/b3-2+. The van der Waals surface area contributed by atoms with Crippen LogP contribution in [0.2, 0.25) is 0 Å². The Bertz CT molecular complexity index is 138. The summed E-state index contributed by atoms with van der Waals surface area (Å²) in [5.74, 6) is 0.264. The van der Waals surface area contributed by atoms with Gasteiger partial charge in [-0.15, -0.1) is 0 Å². The quantitative estimate of drug-likeness (QED) is 0.389. The van der Waals surface area contributed by atoms with E-state index < -0.39 is 0 Å². The van der Waals surface area contributed by atoms with Crippen molar-refractivity contribution in [2.24, 2.45) is 5.92 Å². The Hall–Kier alpha value is -0.790.